The van der Waals surface area contributed by atoms with Crippen LogP contribution in [0.25, 0.3) is 0 Å². The Morgan fingerprint density at radius 1 is 1.19 bits per heavy atom. The van der Waals surface area contributed by atoms with E-state index in [1.807, 2.05) is 45.0 Å². The quantitative estimate of drug-likeness (QED) is 0.830. The molecule has 0 aliphatic rings. The Balaban J connectivity index is 2.31. The van der Waals surface area contributed by atoms with Crippen molar-refractivity contribution in [3.8, 4) is 0 Å². The van der Waals surface area contributed by atoms with Crippen LogP contribution in [0.4, 0.5) is 5.69 Å². The molecule has 0 radical (unpaired) electrons. The molecular weight excluding hydrogens is 328 g/mol. The summed E-state index contributed by atoms with van der Waals surface area (Å²) in [6, 6.07) is 8.14. The van der Waals surface area contributed by atoms with Crippen LogP contribution < -0.4 is 5.32 Å². The van der Waals surface area contributed by atoms with Crippen molar-refractivity contribution in [3.05, 3.63) is 51.3 Å². The van der Waals surface area contributed by atoms with Gasteiger partial charge in [0.25, 0.3) is 5.91 Å². The molecule has 1 amide bonds. The molecule has 0 saturated carbocycles. The Bertz CT molecular complexity index is 686. The monoisotopic (exact) mass is 348 g/mol. The maximum atomic E-state index is 12.5. The van der Waals surface area contributed by atoms with Gasteiger partial charge in [-0.1, -0.05) is 15.9 Å². The lowest BCUT2D eigenvalue weighted by atomic mass is 10.1. The standard InChI is InChI=1S/C17H21BrN2O/c1-10(2)20-12(4)9-15(13(20)5)17(21)19-16-7-6-14(18)8-11(16)3/h6-10H,1-5H3,(H,19,21). The normalized spacial score (nSPS) is 11.0. The SMILES string of the molecule is Cc1cc(Br)ccc1NC(=O)c1cc(C)n(C(C)C)c1C. The fourth-order valence-electron chi connectivity index (χ4n) is 2.76. The van der Waals surface area contributed by atoms with Crippen molar-refractivity contribution in [1.82, 2.24) is 4.57 Å². The van der Waals surface area contributed by atoms with E-state index in [1.54, 1.807) is 0 Å². The molecule has 21 heavy (non-hydrogen) atoms. The van der Waals surface area contributed by atoms with E-state index in [9.17, 15) is 4.79 Å². The molecule has 0 fully saturated rings. The molecule has 2 rings (SSSR count). The van der Waals surface area contributed by atoms with Gasteiger partial charge in [0.15, 0.2) is 0 Å². The second kappa shape index (κ2) is 6.06. The summed E-state index contributed by atoms with van der Waals surface area (Å²) in [5.41, 5.74) is 4.74. The Labute approximate surface area is 134 Å². The third kappa shape index (κ3) is 3.21. The number of aryl methyl sites for hydroxylation is 2. The van der Waals surface area contributed by atoms with Gasteiger partial charge < -0.3 is 9.88 Å². The summed E-state index contributed by atoms with van der Waals surface area (Å²) < 4.78 is 3.19. The van der Waals surface area contributed by atoms with E-state index >= 15 is 0 Å². The number of carbonyl (C=O) groups excluding carboxylic acids is 1. The fourth-order valence-corrected chi connectivity index (χ4v) is 3.23. The molecule has 1 aromatic carbocycles. The number of carbonyl (C=O) groups is 1. The van der Waals surface area contributed by atoms with Gasteiger partial charge in [0.2, 0.25) is 0 Å². The summed E-state index contributed by atoms with van der Waals surface area (Å²) in [6.07, 6.45) is 0. The molecule has 0 saturated heterocycles. The number of hydrogen-bond acceptors (Lipinski definition) is 1. The molecule has 1 N–H and O–H groups in total. The smallest absolute Gasteiger partial charge is 0.257 e. The van der Waals surface area contributed by atoms with Crippen molar-refractivity contribution >= 4 is 27.5 Å². The summed E-state index contributed by atoms with van der Waals surface area (Å²) >= 11 is 3.43. The van der Waals surface area contributed by atoms with Gasteiger partial charge in [0.1, 0.15) is 0 Å². The van der Waals surface area contributed by atoms with Crippen LogP contribution in [-0.4, -0.2) is 10.5 Å². The van der Waals surface area contributed by atoms with Crippen molar-refractivity contribution in [1.29, 1.82) is 0 Å². The fraction of sp³-hybridized carbons (Fsp3) is 0.353. The lowest BCUT2D eigenvalue weighted by Gasteiger charge is -2.14. The Morgan fingerprint density at radius 3 is 2.38 bits per heavy atom. The zero-order chi connectivity index (χ0) is 15.7. The highest BCUT2D eigenvalue weighted by atomic mass is 79.9. The first-order chi connectivity index (χ1) is 9.81. The minimum atomic E-state index is -0.0552. The van der Waals surface area contributed by atoms with Crippen LogP contribution in [-0.2, 0) is 0 Å². The average Bonchev–Trinajstić information content (AvgIpc) is 2.68. The molecule has 0 spiro atoms. The first kappa shape index (κ1) is 15.8. The molecular formula is C17H21BrN2O. The zero-order valence-corrected chi connectivity index (χ0v) is 14.7. The van der Waals surface area contributed by atoms with Crippen molar-refractivity contribution in [3.63, 3.8) is 0 Å². The molecule has 2 aromatic rings. The van der Waals surface area contributed by atoms with Crippen molar-refractivity contribution in [2.24, 2.45) is 0 Å². The molecule has 0 aliphatic carbocycles. The third-order valence-corrected chi connectivity index (χ3v) is 4.18. The van der Waals surface area contributed by atoms with Gasteiger partial charge in [-0.25, -0.2) is 0 Å². The van der Waals surface area contributed by atoms with Crippen molar-refractivity contribution in [2.75, 3.05) is 5.32 Å². The van der Waals surface area contributed by atoms with E-state index in [0.29, 0.717) is 6.04 Å². The van der Waals surface area contributed by atoms with Gasteiger partial charge in [-0.05, 0) is 64.4 Å². The number of halogens is 1. The molecule has 0 aliphatic heterocycles. The van der Waals surface area contributed by atoms with E-state index < -0.39 is 0 Å². The molecule has 1 aromatic heterocycles. The average molecular weight is 349 g/mol. The number of nitrogens with one attached hydrogen (secondary N) is 1. The summed E-state index contributed by atoms with van der Waals surface area (Å²) in [5.74, 6) is -0.0552. The molecule has 0 atom stereocenters. The van der Waals surface area contributed by atoms with Gasteiger partial charge >= 0.3 is 0 Å². The minimum Gasteiger partial charge on any atom is -0.346 e. The van der Waals surface area contributed by atoms with Crippen molar-refractivity contribution in [2.45, 2.75) is 40.7 Å². The highest BCUT2D eigenvalue weighted by Crippen LogP contribution is 2.23. The predicted molar refractivity (Wildman–Crippen MR) is 91.1 cm³/mol. The van der Waals surface area contributed by atoms with Crippen LogP contribution in [0.15, 0.2) is 28.7 Å². The number of benzene rings is 1. The summed E-state index contributed by atoms with van der Waals surface area (Å²) in [4.78, 5) is 12.5. The second-order valence-corrected chi connectivity index (χ2v) is 6.58. The number of nitrogens with zero attached hydrogens (tertiary/aromatic N) is 1. The van der Waals surface area contributed by atoms with E-state index in [0.717, 1.165) is 32.7 Å². The third-order valence-electron chi connectivity index (χ3n) is 3.68. The van der Waals surface area contributed by atoms with Gasteiger partial charge in [-0.3, -0.25) is 4.79 Å². The molecule has 1 heterocycles. The molecule has 0 unspecified atom stereocenters. The van der Waals surface area contributed by atoms with Gasteiger partial charge in [0, 0.05) is 27.6 Å². The Morgan fingerprint density at radius 2 is 1.86 bits per heavy atom. The Kier molecular flexibility index (Phi) is 4.57. The number of amides is 1. The van der Waals surface area contributed by atoms with Gasteiger partial charge in [-0.15, -0.1) is 0 Å². The predicted octanol–water partition coefficient (Wildman–Crippen LogP) is 5.01. The molecule has 0 bridgehead atoms. The van der Waals surface area contributed by atoms with Crippen LogP contribution in [0, 0.1) is 20.8 Å². The molecule has 4 heteroatoms. The molecule has 112 valence electrons. The van der Waals surface area contributed by atoms with Gasteiger partial charge in [-0.2, -0.15) is 0 Å². The summed E-state index contributed by atoms with van der Waals surface area (Å²) in [7, 11) is 0. The number of anilines is 1. The van der Waals surface area contributed by atoms with Crippen LogP contribution in [0.3, 0.4) is 0 Å². The number of hydrogen-bond donors (Lipinski definition) is 1. The maximum absolute atomic E-state index is 12.5. The zero-order valence-electron chi connectivity index (χ0n) is 13.1. The topological polar surface area (TPSA) is 34.0 Å². The lowest BCUT2D eigenvalue weighted by Crippen LogP contribution is -2.14. The largest absolute Gasteiger partial charge is 0.346 e. The van der Waals surface area contributed by atoms with Crippen molar-refractivity contribution < 1.29 is 4.79 Å². The van der Waals surface area contributed by atoms with E-state index in [-0.39, 0.29) is 5.91 Å². The van der Waals surface area contributed by atoms with Crippen LogP contribution >= 0.6 is 15.9 Å². The van der Waals surface area contributed by atoms with Gasteiger partial charge in [0.05, 0.1) is 5.56 Å². The lowest BCUT2D eigenvalue weighted by molar-refractivity contribution is 0.102. The van der Waals surface area contributed by atoms with E-state index in [1.165, 1.54) is 0 Å². The highest BCUT2D eigenvalue weighted by molar-refractivity contribution is 9.10. The first-order valence-electron chi connectivity index (χ1n) is 7.07. The number of rotatable bonds is 3. The van der Waals surface area contributed by atoms with E-state index in [4.69, 9.17) is 0 Å². The molecule has 3 nitrogen and oxygen atoms in total. The highest BCUT2D eigenvalue weighted by Gasteiger charge is 2.17. The Hall–Kier alpha value is -1.55. The minimum absolute atomic E-state index is 0.0552. The summed E-state index contributed by atoms with van der Waals surface area (Å²) in [6.45, 7) is 10.3. The number of aromatic nitrogens is 1. The van der Waals surface area contributed by atoms with Crippen LogP contribution in [0.5, 0.6) is 0 Å². The van der Waals surface area contributed by atoms with Crippen LogP contribution in [0.2, 0.25) is 0 Å². The summed E-state index contributed by atoms with van der Waals surface area (Å²) in [5, 5.41) is 3.00. The first-order valence-corrected chi connectivity index (χ1v) is 7.86. The van der Waals surface area contributed by atoms with Crippen LogP contribution in [0.1, 0.15) is 47.2 Å². The van der Waals surface area contributed by atoms with E-state index in [2.05, 4.69) is 39.7 Å². The maximum Gasteiger partial charge on any atom is 0.257 e. The second-order valence-electron chi connectivity index (χ2n) is 5.66.